The van der Waals surface area contributed by atoms with E-state index in [-0.39, 0.29) is 29.2 Å². The second-order valence-electron chi connectivity index (χ2n) is 11.0. The average molecular weight is 612 g/mol. The number of aryl methyl sites for hydroxylation is 1. The second-order valence-corrected chi connectivity index (χ2v) is 11.0. The Bertz CT molecular complexity index is 2340. The van der Waals surface area contributed by atoms with Gasteiger partial charge in [-0.1, -0.05) is 53.7 Å². The minimum absolute atomic E-state index is 0.0770. The van der Waals surface area contributed by atoms with E-state index in [0.29, 0.717) is 76.2 Å². The number of nitrogens with zero attached hydrogens (tertiary/aromatic N) is 7. The minimum Gasteiger partial charge on any atom is -0.508 e. The number of para-hydroxylation sites is 2. The molecule has 0 unspecified atom stereocenters. The molecule has 0 saturated carbocycles. The van der Waals surface area contributed by atoms with Crippen molar-refractivity contribution in [3.8, 4) is 34.3 Å². The molecule has 0 bridgehead atoms. The van der Waals surface area contributed by atoms with Crippen molar-refractivity contribution in [1.82, 2.24) is 34.1 Å². The maximum Gasteiger partial charge on any atom is 0.262 e. The third-order valence-corrected chi connectivity index (χ3v) is 7.86. The number of rotatable bonds is 9. The highest BCUT2D eigenvalue weighted by Crippen LogP contribution is 2.24. The first-order valence-electron chi connectivity index (χ1n) is 14.9. The molecule has 0 aliphatic rings. The minimum atomic E-state index is -0.213. The molecule has 0 aliphatic carbocycles. The standard InChI is InChI=1S/C35H29N7O4/c43-26-11-7-9-23(19-26)32-36-30-15-3-1-13-28(30)34(45)41(32)18-6-5-17-40-21-25(38-39-40)22-42-33(24-10-8-12-27(44)20-24)37-31-16-4-2-14-29(31)35(42)46/h1-4,7-16,19-21,43-44H,5-6,17-18,22H2. The molecule has 2 N–H and O–H groups in total. The summed E-state index contributed by atoms with van der Waals surface area (Å²) < 4.78 is 4.93. The molecule has 46 heavy (non-hydrogen) atoms. The van der Waals surface area contributed by atoms with Gasteiger partial charge in [0.25, 0.3) is 11.1 Å². The summed E-state index contributed by atoms with van der Waals surface area (Å²) >= 11 is 0. The largest absolute Gasteiger partial charge is 0.508 e. The summed E-state index contributed by atoms with van der Waals surface area (Å²) in [5.74, 6) is 1.10. The van der Waals surface area contributed by atoms with Crippen LogP contribution in [0.3, 0.4) is 0 Å². The van der Waals surface area contributed by atoms with Crippen molar-refractivity contribution in [2.75, 3.05) is 0 Å². The van der Waals surface area contributed by atoms with Gasteiger partial charge >= 0.3 is 0 Å². The summed E-state index contributed by atoms with van der Waals surface area (Å²) in [6.45, 7) is 1.12. The molecule has 0 spiro atoms. The van der Waals surface area contributed by atoms with Gasteiger partial charge in [0.2, 0.25) is 0 Å². The summed E-state index contributed by atoms with van der Waals surface area (Å²) in [6.07, 6.45) is 3.17. The van der Waals surface area contributed by atoms with Crippen LogP contribution in [0.2, 0.25) is 0 Å². The van der Waals surface area contributed by atoms with Crippen molar-refractivity contribution < 1.29 is 10.2 Å². The molecule has 0 atom stereocenters. The monoisotopic (exact) mass is 611 g/mol. The molecule has 7 rings (SSSR count). The maximum atomic E-state index is 13.6. The van der Waals surface area contributed by atoms with Crippen molar-refractivity contribution in [2.24, 2.45) is 0 Å². The van der Waals surface area contributed by atoms with Gasteiger partial charge in [0, 0.05) is 24.2 Å². The van der Waals surface area contributed by atoms with Gasteiger partial charge in [0.1, 0.15) is 28.8 Å². The zero-order chi connectivity index (χ0) is 31.6. The fraction of sp³-hybridized carbons (Fsp3) is 0.143. The molecule has 0 radical (unpaired) electrons. The van der Waals surface area contributed by atoms with Crippen LogP contribution in [-0.2, 0) is 19.6 Å². The van der Waals surface area contributed by atoms with Crippen LogP contribution in [0.5, 0.6) is 11.5 Å². The molecule has 0 aliphatic heterocycles. The van der Waals surface area contributed by atoms with Gasteiger partial charge in [-0.3, -0.25) is 23.4 Å². The van der Waals surface area contributed by atoms with Crippen LogP contribution in [0.15, 0.2) is 113 Å². The van der Waals surface area contributed by atoms with Crippen LogP contribution in [0, 0.1) is 0 Å². The normalized spacial score (nSPS) is 11.4. The van der Waals surface area contributed by atoms with E-state index >= 15 is 0 Å². The molecule has 4 aromatic carbocycles. The van der Waals surface area contributed by atoms with Gasteiger partial charge in [-0.15, -0.1) is 5.10 Å². The first-order valence-corrected chi connectivity index (χ1v) is 14.9. The lowest BCUT2D eigenvalue weighted by Crippen LogP contribution is -2.24. The zero-order valence-corrected chi connectivity index (χ0v) is 24.7. The third-order valence-electron chi connectivity index (χ3n) is 7.86. The summed E-state index contributed by atoms with van der Waals surface area (Å²) in [4.78, 5) is 36.6. The number of aromatic nitrogens is 7. The fourth-order valence-corrected chi connectivity index (χ4v) is 5.65. The summed E-state index contributed by atoms with van der Waals surface area (Å²) in [6, 6.07) is 27.8. The van der Waals surface area contributed by atoms with Crippen molar-refractivity contribution in [3.63, 3.8) is 0 Å². The Kier molecular flexibility index (Phi) is 7.55. The van der Waals surface area contributed by atoms with Crippen LogP contribution in [-0.4, -0.2) is 44.3 Å². The van der Waals surface area contributed by atoms with E-state index < -0.39 is 0 Å². The Morgan fingerprint density at radius 2 is 1.15 bits per heavy atom. The van der Waals surface area contributed by atoms with Crippen LogP contribution in [0.25, 0.3) is 44.6 Å². The van der Waals surface area contributed by atoms with Crippen molar-refractivity contribution in [3.05, 3.63) is 130 Å². The Balaban J connectivity index is 1.10. The number of unbranched alkanes of at least 4 members (excludes halogenated alkanes) is 1. The number of phenols is 2. The van der Waals surface area contributed by atoms with Gasteiger partial charge in [-0.25, -0.2) is 9.97 Å². The first kappa shape index (κ1) is 28.7. The van der Waals surface area contributed by atoms with Gasteiger partial charge in [-0.05, 0) is 61.4 Å². The van der Waals surface area contributed by atoms with Crippen LogP contribution >= 0.6 is 0 Å². The summed E-state index contributed by atoms with van der Waals surface area (Å²) in [5.41, 5.74) is 2.68. The predicted molar refractivity (Wildman–Crippen MR) is 175 cm³/mol. The fourth-order valence-electron chi connectivity index (χ4n) is 5.65. The number of hydrogen-bond donors (Lipinski definition) is 2. The highest BCUT2D eigenvalue weighted by Gasteiger charge is 2.16. The second kappa shape index (κ2) is 12.1. The molecule has 3 aromatic heterocycles. The SMILES string of the molecule is O=c1c2ccccc2nc(-c2cccc(O)c2)n1CCCCn1cc(Cn2c(-c3cccc(O)c3)nc3ccccc3c2=O)nn1. The highest BCUT2D eigenvalue weighted by atomic mass is 16.3. The third kappa shape index (κ3) is 5.61. The van der Waals surface area contributed by atoms with Crippen molar-refractivity contribution in [2.45, 2.75) is 32.5 Å². The van der Waals surface area contributed by atoms with E-state index in [1.807, 2.05) is 30.3 Å². The van der Waals surface area contributed by atoms with Gasteiger partial charge in [0.05, 0.1) is 34.5 Å². The maximum absolute atomic E-state index is 13.6. The Labute approximate surface area is 262 Å². The molecular formula is C35H29N7O4. The number of benzene rings is 4. The molecule has 11 nitrogen and oxygen atoms in total. The Morgan fingerprint density at radius 3 is 1.76 bits per heavy atom. The quantitative estimate of drug-likeness (QED) is 0.218. The molecular weight excluding hydrogens is 582 g/mol. The smallest absolute Gasteiger partial charge is 0.262 e. The van der Waals surface area contributed by atoms with Crippen molar-refractivity contribution >= 4 is 21.8 Å². The number of phenolic OH excluding ortho intramolecular Hbond substituents is 2. The van der Waals surface area contributed by atoms with Gasteiger partial charge < -0.3 is 10.2 Å². The van der Waals surface area contributed by atoms with E-state index in [4.69, 9.17) is 9.97 Å². The number of aromatic hydroxyl groups is 2. The summed E-state index contributed by atoms with van der Waals surface area (Å²) in [7, 11) is 0. The van der Waals surface area contributed by atoms with Gasteiger partial charge in [-0.2, -0.15) is 0 Å². The van der Waals surface area contributed by atoms with Crippen molar-refractivity contribution in [1.29, 1.82) is 0 Å². The molecule has 0 saturated heterocycles. The van der Waals surface area contributed by atoms with Crippen LogP contribution in [0.4, 0.5) is 0 Å². The highest BCUT2D eigenvalue weighted by molar-refractivity contribution is 5.80. The van der Waals surface area contributed by atoms with Crippen LogP contribution < -0.4 is 11.1 Å². The Hall–Kier alpha value is -6.10. The molecule has 0 amide bonds. The Morgan fingerprint density at radius 1 is 0.609 bits per heavy atom. The lowest BCUT2D eigenvalue weighted by atomic mass is 10.1. The van der Waals surface area contributed by atoms with E-state index in [9.17, 15) is 19.8 Å². The summed E-state index contributed by atoms with van der Waals surface area (Å²) in [5, 5.41) is 29.8. The van der Waals surface area contributed by atoms with Gasteiger partial charge in [0.15, 0.2) is 0 Å². The molecule has 7 aromatic rings. The predicted octanol–water partition coefficient (Wildman–Crippen LogP) is 4.97. The zero-order valence-electron chi connectivity index (χ0n) is 24.7. The number of fused-ring (bicyclic) bond motifs is 2. The van der Waals surface area contributed by atoms with E-state index in [0.717, 1.165) is 0 Å². The van der Waals surface area contributed by atoms with Crippen LogP contribution in [0.1, 0.15) is 18.5 Å². The molecule has 0 fully saturated rings. The first-order chi connectivity index (χ1) is 22.4. The van der Waals surface area contributed by atoms with E-state index in [2.05, 4.69) is 10.3 Å². The topological polar surface area (TPSA) is 141 Å². The molecule has 228 valence electrons. The molecule has 11 heteroatoms. The van der Waals surface area contributed by atoms with E-state index in [1.165, 1.54) is 0 Å². The van der Waals surface area contributed by atoms with E-state index in [1.54, 1.807) is 86.7 Å². The number of hydrogen-bond acceptors (Lipinski definition) is 8. The lowest BCUT2D eigenvalue weighted by molar-refractivity contribution is 0.475. The molecule has 3 heterocycles. The lowest BCUT2D eigenvalue weighted by Gasteiger charge is -2.14. The average Bonchev–Trinajstić information content (AvgIpc) is 3.52.